The van der Waals surface area contributed by atoms with Crippen LogP contribution in [0.25, 0.3) is 0 Å². The first-order valence-electron chi connectivity index (χ1n) is 5.32. The van der Waals surface area contributed by atoms with Crippen molar-refractivity contribution < 1.29 is 4.79 Å². The molecule has 0 bridgehead atoms. The van der Waals surface area contributed by atoms with Crippen LogP contribution in [0.15, 0.2) is 36.7 Å². The summed E-state index contributed by atoms with van der Waals surface area (Å²) in [6.07, 6.45) is 3.04. The number of hydrogen-bond acceptors (Lipinski definition) is 3. The van der Waals surface area contributed by atoms with Crippen LogP contribution in [-0.4, -0.2) is 15.9 Å². The van der Waals surface area contributed by atoms with Crippen LogP contribution in [0.1, 0.15) is 21.7 Å². The molecule has 1 N–H and O–H groups in total. The molecular formula is C13H13N3O. The normalized spacial score (nSPS) is 10.0. The summed E-state index contributed by atoms with van der Waals surface area (Å²) in [7, 11) is 0. The fraction of sp³-hybridized carbons (Fsp3) is 0.154. The topological polar surface area (TPSA) is 54.9 Å². The molecule has 0 aliphatic heterocycles. The van der Waals surface area contributed by atoms with E-state index in [-0.39, 0.29) is 5.91 Å². The Hall–Kier alpha value is -2.23. The average molecular weight is 227 g/mol. The van der Waals surface area contributed by atoms with E-state index in [1.165, 1.54) is 12.4 Å². The van der Waals surface area contributed by atoms with Crippen LogP contribution in [0.4, 0.5) is 5.69 Å². The van der Waals surface area contributed by atoms with Gasteiger partial charge in [-0.15, -0.1) is 0 Å². The zero-order chi connectivity index (χ0) is 12.3. The molecule has 0 aliphatic rings. The number of carbonyl (C=O) groups excluding carboxylic acids is 1. The van der Waals surface area contributed by atoms with Crippen LogP contribution in [-0.2, 0) is 0 Å². The number of amides is 1. The third kappa shape index (κ3) is 2.87. The summed E-state index contributed by atoms with van der Waals surface area (Å²) >= 11 is 0. The molecular weight excluding hydrogens is 214 g/mol. The lowest BCUT2D eigenvalue weighted by atomic mass is 10.2. The molecule has 0 spiro atoms. The largest absolute Gasteiger partial charge is 0.322 e. The number of rotatable bonds is 2. The van der Waals surface area contributed by atoms with Crippen LogP contribution in [0.3, 0.4) is 0 Å². The van der Waals surface area contributed by atoms with Crippen molar-refractivity contribution in [3.8, 4) is 0 Å². The molecule has 0 fully saturated rings. The van der Waals surface area contributed by atoms with Crippen LogP contribution in [0.5, 0.6) is 0 Å². The highest BCUT2D eigenvalue weighted by Crippen LogP contribution is 2.10. The summed E-state index contributed by atoms with van der Waals surface area (Å²) in [4.78, 5) is 19.8. The fourth-order valence-corrected chi connectivity index (χ4v) is 1.44. The number of hydrogen-bond donors (Lipinski definition) is 1. The van der Waals surface area contributed by atoms with E-state index in [1.54, 1.807) is 6.92 Å². The quantitative estimate of drug-likeness (QED) is 0.856. The Morgan fingerprint density at radius 2 is 1.88 bits per heavy atom. The summed E-state index contributed by atoms with van der Waals surface area (Å²) < 4.78 is 0. The van der Waals surface area contributed by atoms with Gasteiger partial charge in [0.15, 0.2) is 0 Å². The Morgan fingerprint density at radius 1 is 1.18 bits per heavy atom. The van der Waals surface area contributed by atoms with Gasteiger partial charge in [-0.1, -0.05) is 12.1 Å². The third-order valence-electron chi connectivity index (χ3n) is 2.32. The van der Waals surface area contributed by atoms with Gasteiger partial charge in [-0.2, -0.15) is 0 Å². The number of benzene rings is 1. The number of anilines is 1. The van der Waals surface area contributed by atoms with Crippen LogP contribution in [0.2, 0.25) is 0 Å². The van der Waals surface area contributed by atoms with Crippen molar-refractivity contribution in [3.63, 3.8) is 0 Å². The first-order chi connectivity index (χ1) is 8.15. The molecule has 0 saturated heterocycles. The molecule has 4 nitrogen and oxygen atoms in total. The molecule has 0 unspecified atom stereocenters. The summed E-state index contributed by atoms with van der Waals surface area (Å²) in [6.45, 7) is 3.76. The van der Waals surface area contributed by atoms with Crippen LogP contribution >= 0.6 is 0 Å². The number of nitrogens with one attached hydrogen (secondary N) is 1. The molecule has 0 saturated carbocycles. The maximum atomic E-state index is 11.8. The lowest BCUT2D eigenvalue weighted by Gasteiger charge is -2.05. The summed E-state index contributed by atoms with van der Waals surface area (Å²) in [5.74, 6) is 0.452. The summed E-state index contributed by atoms with van der Waals surface area (Å²) in [5.41, 5.74) is 2.33. The van der Waals surface area contributed by atoms with E-state index >= 15 is 0 Å². The van der Waals surface area contributed by atoms with Gasteiger partial charge in [-0.3, -0.25) is 4.79 Å². The molecule has 4 heteroatoms. The highest BCUT2D eigenvalue weighted by atomic mass is 16.1. The van der Waals surface area contributed by atoms with Gasteiger partial charge in [0.1, 0.15) is 5.82 Å². The molecule has 1 aromatic heterocycles. The first-order valence-corrected chi connectivity index (χ1v) is 5.32. The smallest absolute Gasteiger partial charge is 0.258 e. The first kappa shape index (κ1) is 11.3. The highest BCUT2D eigenvalue weighted by Gasteiger charge is 2.06. The van der Waals surface area contributed by atoms with E-state index in [1.807, 2.05) is 31.2 Å². The van der Waals surface area contributed by atoms with Gasteiger partial charge in [0, 0.05) is 18.1 Å². The number of aryl methyl sites for hydroxylation is 2. The molecule has 86 valence electrons. The molecule has 1 heterocycles. The Bertz CT molecular complexity index is 535. The van der Waals surface area contributed by atoms with E-state index in [4.69, 9.17) is 0 Å². The lowest BCUT2D eigenvalue weighted by molar-refractivity contribution is 0.102. The van der Waals surface area contributed by atoms with Gasteiger partial charge in [0.05, 0.1) is 5.56 Å². The minimum absolute atomic E-state index is 0.199. The predicted octanol–water partition coefficient (Wildman–Crippen LogP) is 2.35. The molecule has 0 atom stereocenters. The van der Waals surface area contributed by atoms with Crippen molar-refractivity contribution >= 4 is 11.6 Å². The van der Waals surface area contributed by atoms with E-state index in [0.29, 0.717) is 11.4 Å². The van der Waals surface area contributed by atoms with E-state index < -0.39 is 0 Å². The van der Waals surface area contributed by atoms with Crippen molar-refractivity contribution in [2.75, 3.05) is 5.32 Å². The minimum atomic E-state index is -0.199. The lowest BCUT2D eigenvalue weighted by Crippen LogP contribution is -2.12. The van der Waals surface area contributed by atoms with E-state index in [0.717, 1.165) is 11.3 Å². The van der Waals surface area contributed by atoms with Gasteiger partial charge in [0.2, 0.25) is 0 Å². The average Bonchev–Trinajstić information content (AvgIpc) is 2.29. The SMILES string of the molecule is Cc1cccc(NC(=O)c2cnc(C)nc2)c1. The molecule has 1 amide bonds. The monoisotopic (exact) mass is 227 g/mol. The van der Waals surface area contributed by atoms with Crippen molar-refractivity contribution in [3.05, 3.63) is 53.6 Å². The summed E-state index contributed by atoms with van der Waals surface area (Å²) in [5, 5.41) is 2.80. The second kappa shape index (κ2) is 4.74. The van der Waals surface area contributed by atoms with Crippen molar-refractivity contribution in [1.82, 2.24) is 9.97 Å². The maximum Gasteiger partial charge on any atom is 0.258 e. The molecule has 0 aliphatic carbocycles. The van der Waals surface area contributed by atoms with Crippen molar-refractivity contribution in [2.45, 2.75) is 13.8 Å². The van der Waals surface area contributed by atoms with Crippen LogP contribution in [0, 0.1) is 13.8 Å². The highest BCUT2D eigenvalue weighted by molar-refractivity contribution is 6.03. The number of carbonyl (C=O) groups is 1. The third-order valence-corrected chi connectivity index (χ3v) is 2.32. The van der Waals surface area contributed by atoms with E-state index in [9.17, 15) is 4.79 Å². The van der Waals surface area contributed by atoms with Gasteiger partial charge >= 0.3 is 0 Å². The number of nitrogens with zero attached hydrogens (tertiary/aromatic N) is 2. The zero-order valence-electron chi connectivity index (χ0n) is 9.77. The Balaban J connectivity index is 2.14. The molecule has 17 heavy (non-hydrogen) atoms. The summed E-state index contributed by atoms with van der Waals surface area (Å²) in [6, 6.07) is 7.63. The van der Waals surface area contributed by atoms with Crippen molar-refractivity contribution in [1.29, 1.82) is 0 Å². The van der Waals surface area contributed by atoms with Gasteiger partial charge in [0.25, 0.3) is 5.91 Å². The zero-order valence-corrected chi connectivity index (χ0v) is 9.77. The molecule has 2 rings (SSSR count). The standard InChI is InChI=1S/C13H13N3O/c1-9-4-3-5-12(6-9)16-13(17)11-7-14-10(2)15-8-11/h3-8H,1-2H3,(H,16,17). The predicted molar refractivity (Wildman–Crippen MR) is 65.9 cm³/mol. The Morgan fingerprint density at radius 3 is 2.53 bits per heavy atom. The van der Waals surface area contributed by atoms with Crippen molar-refractivity contribution in [2.24, 2.45) is 0 Å². The minimum Gasteiger partial charge on any atom is -0.322 e. The van der Waals surface area contributed by atoms with Gasteiger partial charge in [-0.25, -0.2) is 9.97 Å². The molecule has 2 aromatic rings. The van der Waals surface area contributed by atoms with Crippen LogP contribution < -0.4 is 5.32 Å². The number of aromatic nitrogens is 2. The molecule has 1 aromatic carbocycles. The Kier molecular flexibility index (Phi) is 3.14. The van der Waals surface area contributed by atoms with E-state index in [2.05, 4.69) is 15.3 Å². The molecule has 0 radical (unpaired) electrons. The second-order valence-electron chi connectivity index (χ2n) is 3.84. The fourth-order valence-electron chi connectivity index (χ4n) is 1.44. The van der Waals surface area contributed by atoms with Gasteiger partial charge < -0.3 is 5.32 Å². The Labute approximate surface area is 99.7 Å². The van der Waals surface area contributed by atoms with Gasteiger partial charge in [-0.05, 0) is 31.5 Å². The maximum absolute atomic E-state index is 11.8. The second-order valence-corrected chi connectivity index (χ2v) is 3.84.